The molecule has 21 heavy (non-hydrogen) atoms. The molecule has 110 valence electrons. The van der Waals surface area contributed by atoms with Crippen molar-refractivity contribution >= 4 is 67.1 Å². The molecule has 3 N–H and O–H groups in total. The summed E-state index contributed by atoms with van der Waals surface area (Å²) in [6.07, 6.45) is 1.53. The van der Waals surface area contributed by atoms with E-state index in [1.54, 1.807) is 18.2 Å². The molecule has 0 aliphatic heterocycles. The van der Waals surface area contributed by atoms with Gasteiger partial charge >= 0.3 is 0 Å². The second-order valence-electron chi connectivity index (χ2n) is 4.12. The van der Waals surface area contributed by atoms with Crippen LogP contribution in [0.1, 0.15) is 5.56 Å². The predicted octanol–water partition coefficient (Wildman–Crippen LogP) is 3.00. The highest BCUT2D eigenvalue weighted by atomic mass is 127. The van der Waals surface area contributed by atoms with Crippen LogP contribution in [0, 0.1) is 7.14 Å². The van der Waals surface area contributed by atoms with E-state index in [0.717, 1.165) is 7.14 Å². The molecule has 0 saturated heterocycles. The number of primary sulfonamides is 1. The molecular weight excluding hydrogens is 518 g/mol. The fraction of sp³-hybridized carbons (Fsp3) is 0. The van der Waals surface area contributed by atoms with Crippen LogP contribution in [0.4, 0.5) is 5.69 Å². The Morgan fingerprint density at radius 3 is 2.33 bits per heavy atom. The van der Waals surface area contributed by atoms with Crippen LogP contribution in [-0.2, 0) is 10.0 Å². The first kappa shape index (κ1) is 16.6. The maximum atomic E-state index is 11.1. The summed E-state index contributed by atoms with van der Waals surface area (Å²) in [5, 5.41) is 15.0. The Morgan fingerprint density at radius 2 is 1.76 bits per heavy atom. The Bertz CT molecular complexity index is 803. The smallest absolute Gasteiger partial charge is 0.238 e. The molecule has 0 bridgehead atoms. The molecular formula is C13H10I2N2O3S. The van der Waals surface area contributed by atoms with E-state index in [-0.39, 0.29) is 10.6 Å². The minimum atomic E-state index is -3.70. The third-order valence-electron chi connectivity index (χ3n) is 2.58. The Balaban J connectivity index is 2.30. The van der Waals surface area contributed by atoms with E-state index >= 15 is 0 Å². The first-order valence-corrected chi connectivity index (χ1v) is 9.33. The Hall–Kier alpha value is -0.720. The number of phenols is 1. The molecule has 0 saturated carbocycles. The van der Waals surface area contributed by atoms with Gasteiger partial charge in [-0.3, -0.25) is 4.99 Å². The molecule has 0 spiro atoms. The van der Waals surface area contributed by atoms with Gasteiger partial charge in [-0.15, -0.1) is 0 Å². The zero-order valence-electron chi connectivity index (χ0n) is 10.5. The summed E-state index contributed by atoms with van der Waals surface area (Å²) >= 11 is 4.20. The fourth-order valence-electron chi connectivity index (χ4n) is 1.55. The molecule has 2 rings (SSSR count). The van der Waals surface area contributed by atoms with Crippen LogP contribution >= 0.6 is 45.2 Å². The molecule has 5 nitrogen and oxygen atoms in total. The van der Waals surface area contributed by atoms with Crippen molar-refractivity contribution in [2.75, 3.05) is 0 Å². The molecule has 0 amide bonds. The summed E-state index contributed by atoms with van der Waals surface area (Å²) in [5.74, 6) is 0.168. The zero-order chi connectivity index (χ0) is 15.6. The number of hydrogen-bond acceptors (Lipinski definition) is 4. The lowest BCUT2D eigenvalue weighted by molar-refractivity contribution is 0.470. The van der Waals surface area contributed by atoms with Crippen molar-refractivity contribution in [3.8, 4) is 5.75 Å². The minimum Gasteiger partial charge on any atom is -0.506 e. The summed E-state index contributed by atoms with van der Waals surface area (Å²) in [6, 6.07) is 9.54. The van der Waals surface area contributed by atoms with Gasteiger partial charge < -0.3 is 5.11 Å². The van der Waals surface area contributed by atoms with Crippen molar-refractivity contribution < 1.29 is 13.5 Å². The fourth-order valence-corrected chi connectivity index (χ4v) is 3.96. The Morgan fingerprint density at radius 1 is 1.14 bits per heavy atom. The van der Waals surface area contributed by atoms with E-state index in [4.69, 9.17) is 5.14 Å². The Labute approximate surface area is 149 Å². The highest BCUT2D eigenvalue weighted by molar-refractivity contribution is 14.1. The number of nitrogens with two attached hydrogens (primary N) is 1. The molecule has 2 aromatic rings. The van der Waals surface area contributed by atoms with Crippen LogP contribution in [0.3, 0.4) is 0 Å². The standard InChI is InChI=1S/C13H10I2N2O3S/c14-9-5-8(13(18)12(15)6-9)7-17-10-1-3-11(4-2-10)21(16,19)20/h1-7,18H,(H2,16,19,20). The van der Waals surface area contributed by atoms with Gasteiger partial charge in [0.1, 0.15) is 5.75 Å². The van der Waals surface area contributed by atoms with E-state index in [1.807, 2.05) is 28.7 Å². The number of aromatic hydroxyl groups is 1. The van der Waals surface area contributed by atoms with Crippen molar-refractivity contribution in [3.05, 3.63) is 49.1 Å². The van der Waals surface area contributed by atoms with Gasteiger partial charge in [-0.25, -0.2) is 13.6 Å². The number of rotatable bonds is 3. The summed E-state index contributed by atoms with van der Waals surface area (Å²) < 4.78 is 24.0. The molecule has 0 aliphatic rings. The number of hydrogen-bond donors (Lipinski definition) is 2. The number of nitrogens with zero attached hydrogens (tertiary/aromatic N) is 1. The minimum absolute atomic E-state index is 0.0353. The average Bonchev–Trinajstić information content (AvgIpc) is 2.40. The summed E-state index contributed by atoms with van der Waals surface area (Å²) in [5.41, 5.74) is 1.16. The number of aliphatic imine (C=N–C) groups is 1. The summed E-state index contributed by atoms with van der Waals surface area (Å²) in [4.78, 5) is 4.25. The topological polar surface area (TPSA) is 92.8 Å². The number of halogens is 2. The predicted molar refractivity (Wildman–Crippen MR) is 98.6 cm³/mol. The van der Waals surface area contributed by atoms with Crippen LogP contribution in [-0.4, -0.2) is 19.7 Å². The first-order valence-electron chi connectivity index (χ1n) is 5.62. The quantitative estimate of drug-likeness (QED) is 0.474. The SMILES string of the molecule is NS(=O)(=O)c1ccc(N=Cc2cc(I)cc(I)c2O)cc1. The lowest BCUT2D eigenvalue weighted by atomic mass is 10.2. The highest BCUT2D eigenvalue weighted by Crippen LogP contribution is 2.26. The van der Waals surface area contributed by atoms with E-state index in [9.17, 15) is 13.5 Å². The van der Waals surface area contributed by atoms with Crippen molar-refractivity contribution in [2.24, 2.45) is 10.1 Å². The molecule has 0 unspecified atom stereocenters. The van der Waals surface area contributed by atoms with Crippen molar-refractivity contribution in [3.63, 3.8) is 0 Å². The second-order valence-corrected chi connectivity index (χ2v) is 8.09. The van der Waals surface area contributed by atoms with Gasteiger partial charge in [0.15, 0.2) is 0 Å². The average molecular weight is 528 g/mol. The molecule has 8 heteroatoms. The molecule has 0 fully saturated rings. The van der Waals surface area contributed by atoms with Gasteiger partial charge in [-0.05, 0) is 81.6 Å². The van der Waals surface area contributed by atoms with Crippen LogP contribution in [0.15, 0.2) is 46.3 Å². The van der Waals surface area contributed by atoms with Crippen molar-refractivity contribution in [1.82, 2.24) is 0 Å². The molecule has 0 heterocycles. The van der Waals surface area contributed by atoms with Gasteiger partial charge in [-0.2, -0.15) is 0 Å². The van der Waals surface area contributed by atoms with Crippen LogP contribution < -0.4 is 5.14 Å². The zero-order valence-corrected chi connectivity index (χ0v) is 15.6. The van der Waals surface area contributed by atoms with Crippen LogP contribution in [0.25, 0.3) is 0 Å². The summed E-state index contributed by atoms with van der Waals surface area (Å²) in [7, 11) is -3.70. The van der Waals surface area contributed by atoms with Crippen LogP contribution in [0.5, 0.6) is 5.75 Å². The monoisotopic (exact) mass is 528 g/mol. The van der Waals surface area contributed by atoms with Gasteiger partial charge in [-0.1, -0.05) is 0 Å². The summed E-state index contributed by atoms with van der Waals surface area (Å²) in [6.45, 7) is 0. The van der Waals surface area contributed by atoms with E-state index in [2.05, 4.69) is 27.6 Å². The molecule has 0 radical (unpaired) electrons. The normalized spacial score (nSPS) is 12.0. The van der Waals surface area contributed by atoms with Gasteiger partial charge in [0.2, 0.25) is 10.0 Å². The third kappa shape index (κ3) is 4.37. The van der Waals surface area contributed by atoms with Crippen molar-refractivity contribution in [2.45, 2.75) is 4.90 Å². The lowest BCUT2D eigenvalue weighted by Crippen LogP contribution is -2.11. The third-order valence-corrected chi connectivity index (χ3v) is 4.95. The molecule has 0 aromatic heterocycles. The Kier molecular flexibility index (Phi) is 5.22. The van der Waals surface area contributed by atoms with Gasteiger partial charge in [0.05, 0.1) is 14.2 Å². The molecule has 0 atom stereocenters. The maximum Gasteiger partial charge on any atom is 0.238 e. The molecule has 2 aromatic carbocycles. The van der Waals surface area contributed by atoms with Gasteiger partial charge in [0, 0.05) is 15.3 Å². The largest absolute Gasteiger partial charge is 0.506 e. The van der Waals surface area contributed by atoms with E-state index in [1.165, 1.54) is 18.3 Å². The maximum absolute atomic E-state index is 11.1. The van der Waals surface area contributed by atoms with E-state index in [0.29, 0.717) is 11.3 Å². The first-order chi connectivity index (χ1) is 9.77. The van der Waals surface area contributed by atoms with Crippen molar-refractivity contribution in [1.29, 1.82) is 0 Å². The number of sulfonamides is 1. The number of phenolic OH excluding ortho intramolecular Hbond substituents is 1. The van der Waals surface area contributed by atoms with E-state index < -0.39 is 10.0 Å². The molecule has 0 aliphatic carbocycles. The highest BCUT2D eigenvalue weighted by Gasteiger charge is 2.07. The second kappa shape index (κ2) is 6.58. The number of benzene rings is 2. The van der Waals surface area contributed by atoms with Crippen LogP contribution in [0.2, 0.25) is 0 Å². The lowest BCUT2D eigenvalue weighted by Gasteiger charge is -2.03. The van der Waals surface area contributed by atoms with Gasteiger partial charge in [0.25, 0.3) is 0 Å².